The van der Waals surface area contributed by atoms with E-state index < -0.39 is 6.04 Å². The smallest absolute Gasteiger partial charge is 0.239 e. The fourth-order valence-electron chi connectivity index (χ4n) is 1.97. The number of likely N-dealkylation sites (N-methyl/N-ethyl adjacent to an activating group) is 1. The number of carbonyl (C=O) groups excluding carboxylic acids is 1. The van der Waals surface area contributed by atoms with E-state index in [1.807, 2.05) is 51.5 Å². The summed E-state index contributed by atoms with van der Waals surface area (Å²) in [4.78, 5) is 16.0. The van der Waals surface area contributed by atoms with Crippen molar-refractivity contribution in [2.75, 3.05) is 34.2 Å². The highest BCUT2D eigenvalue weighted by Gasteiger charge is 2.17. The third-order valence-corrected chi connectivity index (χ3v) is 3.09. The van der Waals surface area contributed by atoms with Crippen LogP contribution in [0.4, 0.5) is 0 Å². The van der Waals surface area contributed by atoms with Crippen LogP contribution in [0.15, 0.2) is 30.3 Å². The summed E-state index contributed by atoms with van der Waals surface area (Å²) in [5, 5.41) is 0. The van der Waals surface area contributed by atoms with Gasteiger partial charge in [-0.15, -0.1) is 0 Å². The van der Waals surface area contributed by atoms with Crippen LogP contribution in [-0.4, -0.2) is 56.0 Å². The number of hydrogen-bond donors (Lipinski definition) is 1. The molecular formula is C15H25N3O. The molecule has 0 spiro atoms. The van der Waals surface area contributed by atoms with Crippen LogP contribution < -0.4 is 5.73 Å². The van der Waals surface area contributed by atoms with Gasteiger partial charge in [0.25, 0.3) is 0 Å². The molecule has 2 N–H and O–H groups in total. The average molecular weight is 263 g/mol. The fourth-order valence-corrected chi connectivity index (χ4v) is 1.97. The summed E-state index contributed by atoms with van der Waals surface area (Å²) in [5.41, 5.74) is 7.08. The van der Waals surface area contributed by atoms with Crippen molar-refractivity contribution >= 4 is 5.91 Å². The van der Waals surface area contributed by atoms with Crippen LogP contribution >= 0.6 is 0 Å². The summed E-state index contributed by atoms with van der Waals surface area (Å²) < 4.78 is 0. The highest BCUT2D eigenvalue weighted by atomic mass is 16.2. The fraction of sp³-hybridized carbons (Fsp3) is 0.533. The Balaban J connectivity index is 2.39. The van der Waals surface area contributed by atoms with Gasteiger partial charge in [-0.1, -0.05) is 30.3 Å². The van der Waals surface area contributed by atoms with Crippen molar-refractivity contribution in [3.63, 3.8) is 0 Å². The van der Waals surface area contributed by atoms with Crippen molar-refractivity contribution in [3.05, 3.63) is 35.9 Å². The topological polar surface area (TPSA) is 49.6 Å². The van der Waals surface area contributed by atoms with Crippen molar-refractivity contribution in [1.82, 2.24) is 9.80 Å². The number of rotatable bonds is 7. The summed E-state index contributed by atoms with van der Waals surface area (Å²) >= 11 is 0. The van der Waals surface area contributed by atoms with E-state index in [4.69, 9.17) is 5.73 Å². The molecule has 0 fully saturated rings. The Kier molecular flexibility index (Phi) is 6.53. The van der Waals surface area contributed by atoms with Gasteiger partial charge >= 0.3 is 0 Å². The van der Waals surface area contributed by atoms with Crippen LogP contribution in [-0.2, 0) is 11.2 Å². The Bertz CT molecular complexity index is 378. The monoisotopic (exact) mass is 263 g/mol. The zero-order valence-corrected chi connectivity index (χ0v) is 12.2. The molecule has 106 valence electrons. The van der Waals surface area contributed by atoms with Crippen LogP contribution in [0.1, 0.15) is 12.0 Å². The second kappa shape index (κ2) is 7.92. The molecule has 19 heavy (non-hydrogen) atoms. The second-order valence-corrected chi connectivity index (χ2v) is 5.21. The molecule has 1 amide bonds. The molecular weight excluding hydrogens is 238 g/mol. The van der Waals surface area contributed by atoms with Crippen molar-refractivity contribution in [2.45, 2.75) is 18.9 Å². The second-order valence-electron chi connectivity index (χ2n) is 5.21. The first-order chi connectivity index (χ1) is 9.00. The van der Waals surface area contributed by atoms with Gasteiger partial charge in [0.2, 0.25) is 5.91 Å². The predicted octanol–water partition coefficient (Wildman–Crippen LogP) is 0.967. The molecule has 0 aliphatic carbocycles. The lowest BCUT2D eigenvalue weighted by molar-refractivity contribution is -0.131. The van der Waals surface area contributed by atoms with Gasteiger partial charge in [-0.25, -0.2) is 0 Å². The van der Waals surface area contributed by atoms with Crippen molar-refractivity contribution in [2.24, 2.45) is 5.73 Å². The van der Waals surface area contributed by atoms with Gasteiger partial charge in [0.05, 0.1) is 6.04 Å². The quantitative estimate of drug-likeness (QED) is 0.797. The maximum absolute atomic E-state index is 12.1. The summed E-state index contributed by atoms with van der Waals surface area (Å²) in [5.74, 6) is 0.0163. The average Bonchev–Trinajstić information content (AvgIpc) is 2.38. The minimum Gasteiger partial charge on any atom is -0.344 e. The first-order valence-corrected chi connectivity index (χ1v) is 6.70. The summed E-state index contributed by atoms with van der Waals surface area (Å²) in [6.07, 6.45) is 1.56. The molecule has 1 unspecified atom stereocenters. The number of nitrogens with two attached hydrogens (primary N) is 1. The van der Waals surface area contributed by atoms with Crippen LogP contribution in [0.3, 0.4) is 0 Å². The number of benzene rings is 1. The Hall–Kier alpha value is -1.39. The molecule has 0 radical (unpaired) electrons. The molecule has 1 aromatic rings. The van der Waals surface area contributed by atoms with E-state index in [1.165, 1.54) is 0 Å². The van der Waals surface area contributed by atoms with E-state index in [9.17, 15) is 4.79 Å². The summed E-state index contributed by atoms with van der Waals surface area (Å²) in [6.45, 7) is 1.73. The van der Waals surface area contributed by atoms with Gasteiger partial charge in [-0.2, -0.15) is 0 Å². The third kappa shape index (κ3) is 5.85. The van der Waals surface area contributed by atoms with E-state index in [0.29, 0.717) is 6.42 Å². The van der Waals surface area contributed by atoms with E-state index >= 15 is 0 Å². The highest BCUT2D eigenvalue weighted by Crippen LogP contribution is 2.04. The molecule has 0 saturated heterocycles. The molecule has 0 saturated carbocycles. The summed E-state index contributed by atoms with van der Waals surface area (Å²) in [6, 6.07) is 9.44. The van der Waals surface area contributed by atoms with Gasteiger partial charge in [-0.3, -0.25) is 4.79 Å². The molecule has 4 heteroatoms. The van der Waals surface area contributed by atoms with E-state index in [2.05, 4.69) is 4.90 Å². The normalized spacial score (nSPS) is 12.5. The minimum absolute atomic E-state index is 0.0163. The molecule has 4 nitrogen and oxygen atoms in total. The number of hydrogen-bond acceptors (Lipinski definition) is 3. The standard InChI is InChI=1S/C15H25N3O/c1-17(2)10-7-11-18(3)15(19)14(16)12-13-8-5-4-6-9-13/h4-6,8-9,14H,7,10-12,16H2,1-3H3. The van der Waals surface area contributed by atoms with Crippen molar-refractivity contribution < 1.29 is 4.79 Å². The first-order valence-electron chi connectivity index (χ1n) is 6.70. The zero-order valence-electron chi connectivity index (χ0n) is 12.2. The molecule has 1 aromatic carbocycles. The molecule has 0 bridgehead atoms. The van der Waals surface area contributed by atoms with Gasteiger partial charge in [0.1, 0.15) is 0 Å². The number of nitrogens with zero attached hydrogens (tertiary/aromatic N) is 2. The van der Waals surface area contributed by atoms with E-state index in [-0.39, 0.29) is 5.91 Å². The van der Waals surface area contributed by atoms with Crippen LogP contribution in [0.25, 0.3) is 0 Å². The lowest BCUT2D eigenvalue weighted by Crippen LogP contribution is -2.43. The Morgan fingerprint density at radius 2 is 1.79 bits per heavy atom. The largest absolute Gasteiger partial charge is 0.344 e. The first kappa shape index (κ1) is 15.7. The van der Waals surface area contributed by atoms with Crippen molar-refractivity contribution in [3.8, 4) is 0 Å². The Morgan fingerprint density at radius 1 is 1.16 bits per heavy atom. The lowest BCUT2D eigenvalue weighted by Gasteiger charge is -2.22. The molecule has 0 aromatic heterocycles. The lowest BCUT2D eigenvalue weighted by atomic mass is 10.1. The summed E-state index contributed by atoms with van der Waals surface area (Å²) in [7, 11) is 5.88. The van der Waals surface area contributed by atoms with Gasteiger partial charge in [0, 0.05) is 13.6 Å². The van der Waals surface area contributed by atoms with E-state index in [1.54, 1.807) is 4.90 Å². The number of carbonyl (C=O) groups is 1. The maximum Gasteiger partial charge on any atom is 0.239 e. The third-order valence-electron chi connectivity index (χ3n) is 3.09. The van der Waals surface area contributed by atoms with Gasteiger partial charge in [-0.05, 0) is 39.0 Å². The molecule has 1 rings (SSSR count). The van der Waals surface area contributed by atoms with Crippen LogP contribution in [0, 0.1) is 0 Å². The minimum atomic E-state index is -0.452. The van der Waals surface area contributed by atoms with E-state index in [0.717, 1.165) is 25.1 Å². The van der Waals surface area contributed by atoms with Gasteiger partial charge in [0.15, 0.2) is 0 Å². The van der Waals surface area contributed by atoms with Gasteiger partial charge < -0.3 is 15.5 Å². The number of amides is 1. The predicted molar refractivity (Wildman–Crippen MR) is 78.9 cm³/mol. The van der Waals surface area contributed by atoms with Crippen LogP contribution in [0.5, 0.6) is 0 Å². The zero-order chi connectivity index (χ0) is 14.3. The highest BCUT2D eigenvalue weighted by molar-refractivity contribution is 5.81. The Labute approximate surface area is 116 Å². The molecule has 0 aliphatic heterocycles. The van der Waals surface area contributed by atoms with Crippen LogP contribution in [0.2, 0.25) is 0 Å². The molecule has 0 aliphatic rings. The maximum atomic E-state index is 12.1. The molecule has 0 heterocycles. The molecule has 1 atom stereocenters. The SMILES string of the molecule is CN(C)CCCN(C)C(=O)C(N)Cc1ccccc1. The Morgan fingerprint density at radius 3 is 2.37 bits per heavy atom. The van der Waals surface area contributed by atoms with Crippen molar-refractivity contribution in [1.29, 1.82) is 0 Å².